The van der Waals surface area contributed by atoms with Gasteiger partial charge in [0, 0.05) is 5.39 Å². The van der Waals surface area contributed by atoms with Crippen LogP contribution in [0.3, 0.4) is 0 Å². The van der Waals surface area contributed by atoms with E-state index in [1.807, 2.05) is 12.1 Å². The van der Waals surface area contributed by atoms with Gasteiger partial charge in [-0.25, -0.2) is 0 Å². The van der Waals surface area contributed by atoms with E-state index >= 15 is 0 Å². The number of amides is 1. The minimum atomic E-state index is -4.71. The van der Waals surface area contributed by atoms with Gasteiger partial charge in [-0.15, -0.1) is 0 Å². The normalized spacial score (nSPS) is 14.0. The summed E-state index contributed by atoms with van der Waals surface area (Å²) in [6.45, 7) is 0. The van der Waals surface area contributed by atoms with E-state index in [0.717, 1.165) is 22.4 Å². The molecule has 1 aromatic heterocycles. The summed E-state index contributed by atoms with van der Waals surface area (Å²) in [5.74, 6) is -0.510. The van der Waals surface area contributed by atoms with Crippen LogP contribution in [0.15, 0.2) is 48.5 Å². The molecule has 0 atom stereocenters. The Bertz CT molecular complexity index is 1140. The van der Waals surface area contributed by atoms with Crippen LogP contribution in [0.2, 0.25) is 0 Å². The van der Waals surface area contributed by atoms with Crippen LogP contribution in [0.1, 0.15) is 21.6 Å². The Kier molecular flexibility index (Phi) is 3.39. The predicted molar refractivity (Wildman–Crippen MR) is 92.9 cm³/mol. The third-order valence-corrected chi connectivity index (χ3v) is 4.57. The van der Waals surface area contributed by atoms with Crippen LogP contribution in [0.25, 0.3) is 10.9 Å². The maximum absolute atomic E-state index is 13.2. The Labute approximate surface area is 150 Å². The van der Waals surface area contributed by atoms with Gasteiger partial charge in [0.05, 0.1) is 28.4 Å². The number of para-hydroxylation sites is 1. The number of hydrogen-bond acceptors (Lipinski definition) is 3. The van der Waals surface area contributed by atoms with E-state index in [2.05, 4.69) is 0 Å². The van der Waals surface area contributed by atoms with E-state index in [-0.39, 0.29) is 16.5 Å². The van der Waals surface area contributed by atoms with Gasteiger partial charge in [0.2, 0.25) is 0 Å². The highest BCUT2D eigenvalue weighted by atomic mass is 32.1. The van der Waals surface area contributed by atoms with Crippen LogP contribution in [0.5, 0.6) is 0 Å². The number of carbonyl (C=O) groups excluding carboxylic acids is 1. The molecule has 0 radical (unpaired) electrons. The highest BCUT2D eigenvalue weighted by Gasteiger charge is 2.38. The summed E-state index contributed by atoms with van der Waals surface area (Å²) >= 11 is 5.36. The number of thiocarbonyl (C=S) groups is 1. The largest absolute Gasteiger partial charge is 0.417 e. The molecular weight excluding hydrogens is 363 g/mol. The van der Waals surface area contributed by atoms with E-state index in [9.17, 15) is 18.0 Å². The average Bonchev–Trinajstić information content (AvgIpc) is 3.10. The number of hydrogen-bond donors (Lipinski definition) is 0. The standard InChI is InChI=1S/C18H8F3N3OS/c19-18(20,21)13-8-12(6-5-11(13)9-22)23-16(25)15-7-10-3-1-2-4-14(10)24(15)17(23)26/h1-8H. The fourth-order valence-electron chi connectivity index (χ4n) is 3.05. The smallest absolute Gasteiger partial charge is 0.281 e. The number of rotatable bonds is 1. The molecule has 2 aromatic carbocycles. The second kappa shape index (κ2) is 5.41. The van der Waals surface area contributed by atoms with Crippen LogP contribution < -0.4 is 4.90 Å². The number of halogens is 3. The Morgan fingerprint density at radius 3 is 2.50 bits per heavy atom. The fraction of sp³-hybridized carbons (Fsp3) is 0.0556. The molecule has 3 aromatic rings. The SMILES string of the molecule is N#Cc1ccc(N2C(=O)c3cc4ccccc4n3C2=S)cc1C(F)(F)F. The van der Waals surface area contributed by atoms with Crippen LogP contribution in [0.4, 0.5) is 18.9 Å². The monoisotopic (exact) mass is 371 g/mol. The quantitative estimate of drug-likeness (QED) is 0.599. The lowest BCUT2D eigenvalue weighted by molar-refractivity contribution is -0.137. The van der Waals surface area contributed by atoms with Crippen molar-refractivity contribution in [3.63, 3.8) is 0 Å². The first-order chi connectivity index (χ1) is 12.3. The average molecular weight is 371 g/mol. The minimum Gasteiger partial charge on any atom is -0.281 e. The van der Waals surface area contributed by atoms with Crippen molar-refractivity contribution in [2.45, 2.75) is 6.18 Å². The number of anilines is 1. The summed E-state index contributed by atoms with van der Waals surface area (Å²) in [7, 11) is 0. The lowest BCUT2D eigenvalue weighted by Crippen LogP contribution is -2.31. The summed E-state index contributed by atoms with van der Waals surface area (Å²) in [6.07, 6.45) is -4.71. The molecule has 1 amide bonds. The number of nitriles is 1. The van der Waals surface area contributed by atoms with Gasteiger partial charge >= 0.3 is 6.18 Å². The lowest BCUT2D eigenvalue weighted by atomic mass is 10.1. The zero-order valence-corrected chi connectivity index (χ0v) is 13.7. The van der Waals surface area contributed by atoms with Gasteiger partial charge in [0.15, 0.2) is 5.11 Å². The maximum Gasteiger partial charge on any atom is 0.417 e. The first-order valence-corrected chi connectivity index (χ1v) is 7.84. The van der Waals surface area contributed by atoms with Crippen molar-refractivity contribution in [1.82, 2.24) is 4.57 Å². The van der Waals surface area contributed by atoms with Crippen LogP contribution in [-0.4, -0.2) is 15.6 Å². The van der Waals surface area contributed by atoms with E-state index < -0.39 is 23.2 Å². The van der Waals surface area contributed by atoms with Gasteiger partial charge in [-0.1, -0.05) is 18.2 Å². The Morgan fingerprint density at radius 2 is 1.81 bits per heavy atom. The maximum atomic E-state index is 13.2. The Hall–Kier alpha value is -3.18. The predicted octanol–water partition coefficient (Wildman–Crippen LogP) is 4.33. The van der Waals surface area contributed by atoms with Gasteiger partial charge in [-0.05, 0) is 42.5 Å². The summed E-state index contributed by atoms with van der Waals surface area (Å²) < 4.78 is 41.2. The van der Waals surface area contributed by atoms with Crippen LogP contribution in [0, 0.1) is 11.3 Å². The van der Waals surface area contributed by atoms with Gasteiger partial charge in [0.1, 0.15) is 5.69 Å². The second-order valence-corrected chi connectivity index (χ2v) is 6.05. The molecule has 2 heterocycles. The molecule has 0 aliphatic carbocycles. The molecule has 0 saturated carbocycles. The number of benzene rings is 2. The zero-order valence-electron chi connectivity index (χ0n) is 12.9. The zero-order chi connectivity index (χ0) is 18.6. The third-order valence-electron chi connectivity index (χ3n) is 4.20. The van der Waals surface area contributed by atoms with Crippen molar-refractivity contribution in [3.05, 3.63) is 65.4 Å². The molecule has 0 N–H and O–H groups in total. The summed E-state index contributed by atoms with van der Waals surface area (Å²) in [6, 6.07) is 13.5. The molecule has 0 bridgehead atoms. The summed E-state index contributed by atoms with van der Waals surface area (Å²) in [4.78, 5) is 13.8. The molecule has 8 heteroatoms. The molecule has 1 aliphatic rings. The first-order valence-electron chi connectivity index (χ1n) is 7.43. The molecular formula is C18H8F3N3OS. The number of fused-ring (bicyclic) bond motifs is 3. The van der Waals surface area contributed by atoms with Crippen molar-refractivity contribution < 1.29 is 18.0 Å². The number of nitrogens with zero attached hydrogens (tertiary/aromatic N) is 3. The molecule has 4 nitrogen and oxygen atoms in total. The van der Waals surface area contributed by atoms with Crippen LogP contribution in [-0.2, 0) is 6.18 Å². The number of aromatic nitrogens is 1. The van der Waals surface area contributed by atoms with E-state index in [1.54, 1.807) is 22.8 Å². The number of carbonyl (C=O) groups is 1. The number of alkyl halides is 3. The van der Waals surface area contributed by atoms with Gasteiger partial charge in [0.25, 0.3) is 5.91 Å². The van der Waals surface area contributed by atoms with E-state index in [1.165, 1.54) is 12.1 Å². The molecule has 26 heavy (non-hydrogen) atoms. The van der Waals surface area contributed by atoms with Crippen molar-refractivity contribution >= 4 is 39.8 Å². The topological polar surface area (TPSA) is 49.0 Å². The van der Waals surface area contributed by atoms with Crippen molar-refractivity contribution in [1.29, 1.82) is 5.26 Å². The van der Waals surface area contributed by atoms with Crippen LogP contribution >= 0.6 is 12.2 Å². The first kappa shape index (κ1) is 16.3. The van der Waals surface area contributed by atoms with Gasteiger partial charge in [-0.3, -0.25) is 14.3 Å². The summed E-state index contributed by atoms with van der Waals surface area (Å²) in [5, 5.41) is 9.80. The summed E-state index contributed by atoms with van der Waals surface area (Å²) in [5.41, 5.74) is -0.653. The lowest BCUT2D eigenvalue weighted by Gasteiger charge is -2.18. The molecule has 0 saturated heterocycles. The van der Waals surface area contributed by atoms with Crippen molar-refractivity contribution in [2.75, 3.05) is 4.90 Å². The molecule has 128 valence electrons. The Morgan fingerprint density at radius 1 is 1.08 bits per heavy atom. The molecule has 0 fully saturated rings. The third kappa shape index (κ3) is 2.21. The molecule has 1 aliphatic heterocycles. The fourth-order valence-corrected chi connectivity index (χ4v) is 3.44. The van der Waals surface area contributed by atoms with Gasteiger partial charge < -0.3 is 0 Å². The van der Waals surface area contributed by atoms with Crippen molar-refractivity contribution in [3.8, 4) is 6.07 Å². The highest BCUT2D eigenvalue weighted by molar-refractivity contribution is 7.80. The van der Waals surface area contributed by atoms with E-state index in [0.29, 0.717) is 5.52 Å². The second-order valence-electron chi connectivity index (χ2n) is 5.69. The molecule has 0 unspecified atom stereocenters. The minimum absolute atomic E-state index is 0.0286. The molecule has 0 spiro atoms. The van der Waals surface area contributed by atoms with Crippen molar-refractivity contribution in [2.24, 2.45) is 0 Å². The highest BCUT2D eigenvalue weighted by Crippen LogP contribution is 2.36. The van der Waals surface area contributed by atoms with Gasteiger partial charge in [-0.2, -0.15) is 18.4 Å². The van der Waals surface area contributed by atoms with E-state index in [4.69, 9.17) is 17.5 Å². The molecule has 4 rings (SSSR count). The Balaban J connectivity index is 1.86.